The molecule has 0 aromatic rings. The summed E-state index contributed by atoms with van der Waals surface area (Å²) in [5.74, 6) is 5.33. The molecule has 68 heavy (non-hydrogen) atoms. The highest BCUT2D eigenvalue weighted by molar-refractivity contribution is 5.25. The Balaban J connectivity index is 0.839. The van der Waals surface area contributed by atoms with Gasteiger partial charge in [-0.15, -0.1) is 0 Å². The summed E-state index contributed by atoms with van der Waals surface area (Å²) in [6.45, 7) is 25.7. The van der Waals surface area contributed by atoms with Gasteiger partial charge in [-0.3, -0.25) is 4.90 Å². The van der Waals surface area contributed by atoms with Crippen LogP contribution in [0.2, 0.25) is 0 Å². The highest BCUT2D eigenvalue weighted by atomic mass is 16.6. The van der Waals surface area contributed by atoms with Gasteiger partial charge in [0.2, 0.25) is 0 Å². The lowest BCUT2D eigenvalue weighted by molar-refractivity contribution is -0.0697. The van der Waals surface area contributed by atoms with Crippen LogP contribution in [0.25, 0.3) is 0 Å². The van der Waals surface area contributed by atoms with E-state index in [1.54, 1.807) is 5.57 Å². The summed E-state index contributed by atoms with van der Waals surface area (Å²) in [4.78, 5) is 2.56. The molecule has 394 valence electrons. The van der Waals surface area contributed by atoms with Crippen molar-refractivity contribution in [1.29, 1.82) is 0 Å². The molecule has 7 nitrogen and oxygen atoms in total. The molecule has 7 heteroatoms. The van der Waals surface area contributed by atoms with Crippen LogP contribution in [0.4, 0.5) is 0 Å². The minimum Gasteiger partial charge on any atom is -0.379 e. The average molecular weight is 953 g/mol. The molecule has 1 aliphatic heterocycles. The number of allylic oxidation sites excluding steroid dienone is 5. The SMILES string of the molecule is CCCCCC=CCC=CCCCCCCCCOCC(CN1CCCC1C)OCCOCCOCCOCCO[C@H]1CC[C@@]2(C)C(=CC[C@H]3[C@@H]4CC[C@H]([C@H](C)CCCC(C)C)[C@@]4(C)CC[C@@H]32)C1. The lowest BCUT2D eigenvalue weighted by Gasteiger charge is -2.58. The second kappa shape index (κ2) is 32.9. The van der Waals surface area contributed by atoms with Crippen molar-refractivity contribution in [3.63, 3.8) is 0 Å². The molecule has 2 unspecified atom stereocenters. The molecule has 4 fully saturated rings. The number of rotatable bonds is 38. The van der Waals surface area contributed by atoms with Crippen molar-refractivity contribution in [2.75, 3.05) is 79.2 Å². The van der Waals surface area contributed by atoms with Crippen molar-refractivity contribution < 1.29 is 28.4 Å². The monoisotopic (exact) mass is 952 g/mol. The van der Waals surface area contributed by atoms with Gasteiger partial charge < -0.3 is 28.4 Å². The van der Waals surface area contributed by atoms with Gasteiger partial charge in [0, 0.05) is 19.2 Å². The molecule has 1 saturated heterocycles. The molecule has 0 spiro atoms. The Kier molecular flexibility index (Phi) is 28.0. The zero-order chi connectivity index (χ0) is 48.3. The Morgan fingerprint density at radius 3 is 2.07 bits per heavy atom. The van der Waals surface area contributed by atoms with Crippen LogP contribution in [0.15, 0.2) is 36.0 Å². The van der Waals surface area contributed by atoms with Gasteiger partial charge in [-0.25, -0.2) is 0 Å². The molecular formula is C61H109NO6. The van der Waals surface area contributed by atoms with Crippen LogP contribution in [-0.2, 0) is 28.4 Å². The summed E-state index contributed by atoms with van der Waals surface area (Å²) < 4.78 is 36.6. The number of fused-ring (bicyclic) bond motifs is 5. The molecule has 0 radical (unpaired) electrons. The Morgan fingerprint density at radius 2 is 1.37 bits per heavy atom. The second-order valence-corrected chi connectivity index (χ2v) is 23.5. The van der Waals surface area contributed by atoms with Crippen molar-refractivity contribution >= 4 is 0 Å². The zero-order valence-electron chi connectivity index (χ0n) is 45.6. The number of unbranched alkanes of at least 4 members (excludes halogenated alkanes) is 9. The topological polar surface area (TPSA) is 58.6 Å². The zero-order valence-corrected chi connectivity index (χ0v) is 45.6. The summed E-state index contributed by atoms with van der Waals surface area (Å²) in [5, 5.41) is 0. The van der Waals surface area contributed by atoms with E-state index in [1.807, 2.05) is 0 Å². The van der Waals surface area contributed by atoms with Crippen LogP contribution in [0.1, 0.15) is 209 Å². The van der Waals surface area contributed by atoms with Crippen molar-refractivity contribution in [2.45, 2.75) is 227 Å². The molecule has 5 aliphatic rings. The third-order valence-corrected chi connectivity index (χ3v) is 18.1. The highest BCUT2D eigenvalue weighted by Crippen LogP contribution is 2.67. The van der Waals surface area contributed by atoms with Crippen LogP contribution < -0.4 is 0 Å². The first kappa shape index (κ1) is 57.8. The van der Waals surface area contributed by atoms with E-state index in [9.17, 15) is 0 Å². The number of nitrogens with zero attached hydrogens (tertiary/aromatic N) is 1. The fraction of sp³-hybridized carbons (Fsp3) is 0.902. The molecule has 0 aromatic carbocycles. The van der Waals surface area contributed by atoms with Gasteiger partial charge in [0.25, 0.3) is 0 Å². The van der Waals surface area contributed by atoms with Crippen molar-refractivity contribution in [1.82, 2.24) is 4.90 Å². The van der Waals surface area contributed by atoms with Crippen LogP contribution in [-0.4, -0.2) is 102 Å². The third-order valence-electron chi connectivity index (χ3n) is 18.1. The normalized spacial score (nSPS) is 29.5. The Hall–Kier alpha value is -1.06. The van der Waals surface area contributed by atoms with Gasteiger partial charge in [-0.1, -0.05) is 135 Å². The van der Waals surface area contributed by atoms with Crippen LogP contribution in [0.5, 0.6) is 0 Å². The minimum absolute atomic E-state index is 0.0864. The first-order valence-corrected chi connectivity index (χ1v) is 29.4. The molecule has 10 atom stereocenters. The Labute approximate surface area is 420 Å². The van der Waals surface area contributed by atoms with Crippen LogP contribution in [0.3, 0.4) is 0 Å². The van der Waals surface area contributed by atoms with Crippen LogP contribution in [0, 0.1) is 46.3 Å². The number of likely N-dealkylation sites (tertiary alicyclic amines) is 1. The molecule has 1 heterocycles. The minimum atomic E-state index is 0.0864. The van der Waals surface area contributed by atoms with Gasteiger partial charge in [0.05, 0.1) is 71.7 Å². The third kappa shape index (κ3) is 19.4. The molecule has 4 aliphatic carbocycles. The Bertz CT molecular complexity index is 1400. The molecule has 0 N–H and O–H groups in total. The quantitative estimate of drug-likeness (QED) is 0.0451. The van der Waals surface area contributed by atoms with E-state index in [4.69, 9.17) is 28.4 Å². The standard InChI is InChI=1S/C61H109NO6/c1-8-9-10-11-12-13-14-15-16-17-18-19-20-21-22-23-38-66-49-55(48-62-37-25-28-52(62)5)68-46-44-65-42-40-63-39-41-64-43-45-67-54-33-35-60(6)53(47-54)29-30-56-58-32-31-57(51(4)27-24-26-50(2)3)61(58,7)36-34-59(56)60/h12-13,15-16,29,50-52,54-59H,8-11,14,17-28,30-49H2,1-7H3/t51-,52?,54+,55?,56+,57-,58+,59+,60+,61-/m1/s1. The fourth-order valence-corrected chi connectivity index (χ4v) is 14.0. The molecule has 0 bridgehead atoms. The molecule has 0 aromatic heterocycles. The summed E-state index contributed by atoms with van der Waals surface area (Å²) in [6, 6.07) is 0.627. The van der Waals surface area contributed by atoms with Crippen LogP contribution >= 0.6 is 0 Å². The van der Waals surface area contributed by atoms with Gasteiger partial charge in [-0.05, 0) is 163 Å². The summed E-state index contributed by atoms with van der Waals surface area (Å²) >= 11 is 0. The largest absolute Gasteiger partial charge is 0.379 e. The molecule has 3 saturated carbocycles. The first-order valence-electron chi connectivity index (χ1n) is 29.4. The molecular weight excluding hydrogens is 843 g/mol. The van der Waals surface area contributed by atoms with Crippen molar-refractivity contribution in [3.05, 3.63) is 36.0 Å². The number of hydrogen-bond acceptors (Lipinski definition) is 7. The summed E-state index contributed by atoms with van der Waals surface area (Å²) in [5.41, 5.74) is 2.66. The van der Waals surface area contributed by atoms with E-state index in [0.717, 1.165) is 74.5 Å². The summed E-state index contributed by atoms with van der Waals surface area (Å²) in [6.07, 6.45) is 45.2. The molecule has 5 rings (SSSR count). The van der Waals surface area contributed by atoms with Crippen molar-refractivity contribution in [2.24, 2.45) is 46.3 Å². The first-order chi connectivity index (χ1) is 33.2. The number of ether oxygens (including phenoxy) is 6. The average Bonchev–Trinajstić information content (AvgIpc) is 3.91. The predicted molar refractivity (Wildman–Crippen MR) is 285 cm³/mol. The number of hydrogen-bond donors (Lipinski definition) is 0. The lowest BCUT2D eigenvalue weighted by Crippen LogP contribution is -2.51. The van der Waals surface area contributed by atoms with E-state index in [1.165, 1.54) is 141 Å². The maximum Gasteiger partial charge on any atom is 0.0936 e. The van der Waals surface area contributed by atoms with Gasteiger partial charge >= 0.3 is 0 Å². The van der Waals surface area contributed by atoms with E-state index in [2.05, 4.69) is 83.7 Å². The summed E-state index contributed by atoms with van der Waals surface area (Å²) in [7, 11) is 0. The van der Waals surface area contributed by atoms with Gasteiger partial charge in [-0.2, -0.15) is 0 Å². The van der Waals surface area contributed by atoms with Crippen molar-refractivity contribution in [3.8, 4) is 0 Å². The van der Waals surface area contributed by atoms with Gasteiger partial charge in [0.15, 0.2) is 0 Å². The van der Waals surface area contributed by atoms with E-state index in [0.29, 0.717) is 82.4 Å². The maximum absolute atomic E-state index is 6.45. The lowest BCUT2D eigenvalue weighted by atomic mass is 9.47. The second-order valence-electron chi connectivity index (χ2n) is 23.5. The smallest absolute Gasteiger partial charge is 0.0936 e. The maximum atomic E-state index is 6.45. The Morgan fingerprint density at radius 1 is 0.676 bits per heavy atom. The van der Waals surface area contributed by atoms with E-state index < -0.39 is 0 Å². The van der Waals surface area contributed by atoms with E-state index in [-0.39, 0.29) is 6.10 Å². The van der Waals surface area contributed by atoms with E-state index >= 15 is 0 Å². The molecule has 0 amide bonds. The highest BCUT2D eigenvalue weighted by Gasteiger charge is 2.59. The fourth-order valence-electron chi connectivity index (χ4n) is 14.0. The van der Waals surface area contributed by atoms with Gasteiger partial charge in [0.1, 0.15) is 0 Å². The predicted octanol–water partition coefficient (Wildman–Crippen LogP) is 15.2.